The van der Waals surface area contributed by atoms with Crippen LogP contribution in [-0.4, -0.2) is 30.0 Å². The first-order valence-corrected chi connectivity index (χ1v) is 8.05. The van der Waals surface area contributed by atoms with Gasteiger partial charge in [-0.3, -0.25) is 4.79 Å². The Morgan fingerprint density at radius 2 is 1.78 bits per heavy atom. The molecule has 2 aromatic rings. The number of hydrogen-bond donors (Lipinski definition) is 0. The lowest BCUT2D eigenvalue weighted by Crippen LogP contribution is -2.38. The zero-order valence-electron chi connectivity index (χ0n) is 12.5. The summed E-state index contributed by atoms with van der Waals surface area (Å²) in [5, 5.41) is -0.431. The van der Waals surface area contributed by atoms with Gasteiger partial charge in [-0.25, -0.2) is 0 Å². The van der Waals surface area contributed by atoms with Crippen molar-refractivity contribution in [1.29, 1.82) is 0 Å². The van der Waals surface area contributed by atoms with E-state index in [4.69, 9.17) is 21.1 Å². The molecule has 0 spiro atoms. The average Bonchev–Trinajstić information content (AvgIpc) is 2.59. The van der Waals surface area contributed by atoms with Crippen LogP contribution in [0, 0.1) is 0 Å². The number of hydrogen-bond acceptors (Lipinski definition) is 3. The molecule has 4 nitrogen and oxygen atoms in total. The van der Waals surface area contributed by atoms with Crippen LogP contribution in [0.1, 0.15) is 22.7 Å². The molecule has 5 heteroatoms. The molecule has 1 atom stereocenters. The Balaban J connectivity index is 1.86. The van der Waals surface area contributed by atoms with Gasteiger partial charge in [0.25, 0.3) is 0 Å². The molecule has 0 saturated carbocycles. The second kappa shape index (κ2) is 5.78. The Morgan fingerprint density at radius 3 is 2.48 bits per heavy atom. The molecular formula is C18H16ClNO3. The number of fused-ring (bicyclic) bond motifs is 2. The molecule has 2 heterocycles. The molecule has 2 aromatic carbocycles. The minimum absolute atomic E-state index is 0.194. The lowest BCUT2D eigenvalue weighted by atomic mass is 9.88. The molecule has 0 N–H and O–H groups in total. The lowest BCUT2D eigenvalue weighted by Gasteiger charge is -2.37. The van der Waals surface area contributed by atoms with E-state index in [1.54, 1.807) is 4.90 Å². The number of ether oxygens (including phenoxy) is 2. The number of amides is 1. The van der Waals surface area contributed by atoms with E-state index in [-0.39, 0.29) is 6.04 Å². The van der Waals surface area contributed by atoms with Gasteiger partial charge >= 0.3 is 5.37 Å². The van der Waals surface area contributed by atoms with Crippen molar-refractivity contribution in [3.8, 4) is 11.5 Å². The number of benzene rings is 2. The van der Waals surface area contributed by atoms with Gasteiger partial charge in [0, 0.05) is 6.54 Å². The molecule has 4 rings (SSSR count). The smallest absolute Gasteiger partial charge is 0.317 e. The fourth-order valence-corrected chi connectivity index (χ4v) is 3.52. The summed E-state index contributed by atoms with van der Waals surface area (Å²) in [4.78, 5) is 13.6. The average molecular weight is 330 g/mol. The van der Waals surface area contributed by atoms with E-state index in [9.17, 15) is 4.79 Å². The van der Waals surface area contributed by atoms with E-state index in [1.165, 1.54) is 5.56 Å². The molecule has 0 fully saturated rings. The van der Waals surface area contributed by atoms with E-state index in [1.807, 2.05) is 42.5 Å². The van der Waals surface area contributed by atoms with E-state index >= 15 is 0 Å². The Labute approximate surface area is 139 Å². The highest BCUT2D eigenvalue weighted by atomic mass is 35.5. The van der Waals surface area contributed by atoms with Crippen molar-refractivity contribution in [1.82, 2.24) is 4.90 Å². The first-order chi connectivity index (χ1) is 11.2. The molecular weight excluding hydrogens is 314 g/mol. The van der Waals surface area contributed by atoms with Crippen molar-refractivity contribution in [2.45, 2.75) is 12.5 Å². The number of nitrogens with zero attached hydrogens (tertiary/aromatic N) is 1. The van der Waals surface area contributed by atoms with Crippen molar-refractivity contribution >= 4 is 17.0 Å². The van der Waals surface area contributed by atoms with E-state index in [0.717, 1.165) is 29.0 Å². The summed E-state index contributed by atoms with van der Waals surface area (Å²) in [6, 6.07) is 13.8. The molecule has 23 heavy (non-hydrogen) atoms. The molecule has 1 unspecified atom stereocenters. The van der Waals surface area contributed by atoms with E-state index in [2.05, 4.69) is 0 Å². The van der Waals surface area contributed by atoms with Crippen molar-refractivity contribution in [3.05, 3.63) is 59.2 Å². The standard InChI is InChI=1S/C18H16ClNO3/c19-18(21)20-7-6-13-10-15-16(23-9-8-22-15)11-14(13)17(20)12-4-2-1-3-5-12/h1-5,10-11,17H,6-9H2. The summed E-state index contributed by atoms with van der Waals surface area (Å²) >= 11 is 5.84. The van der Waals surface area contributed by atoms with Gasteiger partial charge in [0.2, 0.25) is 0 Å². The maximum Gasteiger partial charge on any atom is 0.317 e. The summed E-state index contributed by atoms with van der Waals surface area (Å²) in [5.74, 6) is 1.52. The van der Waals surface area contributed by atoms with Crippen LogP contribution in [0.4, 0.5) is 4.79 Å². The molecule has 0 bridgehead atoms. The van der Waals surface area contributed by atoms with Gasteiger partial charge in [0.1, 0.15) is 13.2 Å². The fraction of sp³-hybridized carbons (Fsp3) is 0.278. The zero-order valence-corrected chi connectivity index (χ0v) is 13.3. The number of carbonyl (C=O) groups excluding carboxylic acids is 1. The molecule has 1 amide bonds. The Hall–Kier alpha value is -2.20. The highest BCUT2D eigenvalue weighted by molar-refractivity contribution is 6.62. The number of halogens is 1. The zero-order chi connectivity index (χ0) is 15.8. The van der Waals surface area contributed by atoms with Gasteiger partial charge < -0.3 is 14.4 Å². The molecule has 0 aliphatic carbocycles. The van der Waals surface area contributed by atoms with Crippen molar-refractivity contribution in [3.63, 3.8) is 0 Å². The van der Waals surface area contributed by atoms with Crippen LogP contribution in [0.2, 0.25) is 0 Å². The third kappa shape index (κ3) is 2.53. The Kier molecular flexibility index (Phi) is 3.62. The second-order valence-electron chi connectivity index (χ2n) is 5.70. The predicted octanol–water partition coefficient (Wildman–Crippen LogP) is 3.76. The summed E-state index contributed by atoms with van der Waals surface area (Å²) in [7, 11) is 0. The third-order valence-corrected chi connectivity index (χ3v) is 4.59. The maximum absolute atomic E-state index is 11.9. The first kappa shape index (κ1) is 14.4. The topological polar surface area (TPSA) is 38.8 Å². The molecule has 2 aliphatic rings. The van der Waals surface area contributed by atoms with Crippen molar-refractivity contribution in [2.75, 3.05) is 19.8 Å². The third-order valence-electron chi connectivity index (χ3n) is 4.37. The minimum atomic E-state index is -0.431. The quantitative estimate of drug-likeness (QED) is 0.590. The molecule has 0 aromatic heterocycles. The van der Waals surface area contributed by atoms with Gasteiger partial charge in [-0.05, 0) is 46.8 Å². The highest BCUT2D eigenvalue weighted by Gasteiger charge is 2.33. The Morgan fingerprint density at radius 1 is 1.09 bits per heavy atom. The number of rotatable bonds is 1. The van der Waals surface area contributed by atoms with E-state index in [0.29, 0.717) is 19.8 Å². The van der Waals surface area contributed by atoms with Crippen LogP contribution in [0.3, 0.4) is 0 Å². The van der Waals surface area contributed by atoms with Gasteiger partial charge in [-0.2, -0.15) is 0 Å². The number of carbonyl (C=O) groups is 1. The van der Waals surface area contributed by atoms with Gasteiger partial charge in [0.15, 0.2) is 11.5 Å². The van der Waals surface area contributed by atoms with Crippen LogP contribution in [0.25, 0.3) is 0 Å². The fourth-order valence-electron chi connectivity index (χ4n) is 3.34. The van der Waals surface area contributed by atoms with Crippen molar-refractivity contribution in [2.24, 2.45) is 0 Å². The van der Waals surface area contributed by atoms with Crippen molar-refractivity contribution < 1.29 is 14.3 Å². The Bertz CT molecular complexity index is 747. The minimum Gasteiger partial charge on any atom is -0.486 e. The van der Waals surface area contributed by atoms with Gasteiger partial charge in [-0.1, -0.05) is 30.3 Å². The summed E-state index contributed by atoms with van der Waals surface area (Å²) in [6.45, 7) is 1.70. The molecule has 118 valence electrons. The van der Waals surface area contributed by atoms with Crippen LogP contribution in [0.5, 0.6) is 11.5 Å². The van der Waals surface area contributed by atoms with Gasteiger partial charge in [-0.15, -0.1) is 0 Å². The molecule has 0 radical (unpaired) electrons. The lowest BCUT2D eigenvalue weighted by molar-refractivity contribution is 0.169. The van der Waals surface area contributed by atoms with Crippen LogP contribution >= 0.6 is 11.6 Å². The normalized spacial score (nSPS) is 19.2. The van der Waals surface area contributed by atoms with Crippen LogP contribution < -0.4 is 9.47 Å². The monoisotopic (exact) mass is 329 g/mol. The van der Waals surface area contributed by atoms with Crippen LogP contribution in [-0.2, 0) is 6.42 Å². The molecule has 2 aliphatic heterocycles. The SMILES string of the molecule is O=C(Cl)N1CCc2cc3c(cc2C1c1ccccc1)OCCO3. The summed E-state index contributed by atoms with van der Waals surface area (Å²) in [6.07, 6.45) is 0.758. The first-order valence-electron chi connectivity index (χ1n) is 7.67. The molecule has 0 saturated heterocycles. The summed E-state index contributed by atoms with van der Waals surface area (Å²) in [5.41, 5.74) is 3.28. The highest BCUT2D eigenvalue weighted by Crippen LogP contribution is 2.42. The summed E-state index contributed by atoms with van der Waals surface area (Å²) < 4.78 is 11.4. The van der Waals surface area contributed by atoms with Crippen LogP contribution in [0.15, 0.2) is 42.5 Å². The largest absolute Gasteiger partial charge is 0.486 e. The maximum atomic E-state index is 11.9. The van der Waals surface area contributed by atoms with E-state index < -0.39 is 5.37 Å². The van der Waals surface area contributed by atoms with Gasteiger partial charge in [0.05, 0.1) is 6.04 Å². The predicted molar refractivity (Wildman–Crippen MR) is 87.4 cm³/mol. The second-order valence-corrected chi connectivity index (χ2v) is 6.03.